The number of hydrogen-bond acceptors (Lipinski definition) is 4. The second-order valence-corrected chi connectivity index (χ2v) is 5.56. The number of nitrogens with zero attached hydrogens (tertiary/aromatic N) is 1. The van der Waals surface area contributed by atoms with Gasteiger partial charge in [0.05, 0.1) is 0 Å². The van der Waals surface area contributed by atoms with Crippen LogP contribution in [0, 0.1) is 0 Å². The first-order valence-corrected chi connectivity index (χ1v) is 7.26. The number of urea groups is 1. The molecule has 8 heteroatoms. The number of carbonyl (C=O) groups is 4. The van der Waals surface area contributed by atoms with E-state index in [9.17, 15) is 19.2 Å². The van der Waals surface area contributed by atoms with Gasteiger partial charge in [-0.2, -0.15) is 0 Å². The minimum atomic E-state index is -0.649. The highest BCUT2D eigenvalue weighted by Gasteiger charge is 2.39. The highest BCUT2D eigenvalue weighted by molar-refractivity contribution is 6.05. The van der Waals surface area contributed by atoms with Gasteiger partial charge in [0.15, 0.2) is 0 Å². The number of nitrogens with two attached hydrogens (primary N) is 1. The summed E-state index contributed by atoms with van der Waals surface area (Å²) in [6, 6.07) is 3.93. The molecule has 1 aromatic carbocycles. The Kier molecular flexibility index (Phi) is 3.73. The van der Waals surface area contributed by atoms with Crippen molar-refractivity contribution in [1.29, 1.82) is 0 Å². The zero-order chi connectivity index (χ0) is 16.6. The Balaban J connectivity index is 1.84. The molecule has 0 bridgehead atoms. The number of hydrogen-bond donors (Lipinski definition) is 3. The highest BCUT2D eigenvalue weighted by atomic mass is 16.2. The number of nitrogens with one attached hydrogen (secondary N) is 2. The Morgan fingerprint density at radius 2 is 2.13 bits per heavy atom. The van der Waals surface area contributed by atoms with Gasteiger partial charge in [0.25, 0.3) is 5.91 Å². The molecule has 5 amide bonds. The molecule has 2 heterocycles. The Morgan fingerprint density at radius 1 is 1.35 bits per heavy atom. The summed E-state index contributed by atoms with van der Waals surface area (Å²) in [6.07, 6.45) is 0.534. The fourth-order valence-electron chi connectivity index (χ4n) is 3.00. The van der Waals surface area contributed by atoms with E-state index in [2.05, 4.69) is 10.6 Å². The SMILES string of the molecule is NC(=O)NCc1cccc2c1CN(C1CCC(=O)NC1=O)C2=O. The molecule has 0 aliphatic carbocycles. The van der Waals surface area contributed by atoms with E-state index < -0.39 is 18.0 Å². The van der Waals surface area contributed by atoms with Crippen molar-refractivity contribution in [1.82, 2.24) is 15.5 Å². The number of imide groups is 1. The number of piperidine rings is 1. The molecule has 4 N–H and O–H groups in total. The first kappa shape index (κ1) is 15.0. The molecule has 8 nitrogen and oxygen atoms in total. The van der Waals surface area contributed by atoms with E-state index in [1.807, 2.05) is 0 Å². The maximum Gasteiger partial charge on any atom is 0.312 e. The summed E-state index contributed by atoms with van der Waals surface area (Å²) in [5, 5.41) is 4.76. The Hall–Kier alpha value is -2.90. The molecule has 23 heavy (non-hydrogen) atoms. The molecule has 2 aliphatic rings. The molecule has 3 rings (SSSR count). The molecule has 120 valence electrons. The molecule has 0 aromatic heterocycles. The van der Waals surface area contributed by atoms with Crippen LogP contribution in [0.2, 0.25) is 0 Å². The molecule has 1 aromatic rings. The van der Waals surface area contributed by atoms with Gasteiger partial charge in [0, 0.05) is 25.1 Å². The summed E-state index contributed by atoms with van der Waals surface area (Å²) in [6.45, 7) is 0.492. The second-order valence-electron chi connectivity index (χ2n) is 5.56. The molecule has 0 spiro atoms. The number of fused-ring (bicyclic) bond motifs is 1. The van der Waals surface area contributed by atoms with Gasteiger partial charge in [-0.1, -0.05) is 12.1 Å². The lowest BCUT2D eigenvalue weighted by molar-refractivity contribution is -0.136. The van der Waals surface area contributed by atoms with E-state index in [-0.39, 0.29) is 31.3 Å². The summed E-state index contributed by atoms with van der Waals surface area (Å²) in [5.74, 6) is -1.00. The van der Waals surface area contributed by atoms with Gasteiger partial charge in [-0.05, 0) is 23.6 Å². The van der Waals surface area contributed by atoms with Crippen LogP contribution in [0.4, 0.5) is 4.79 Å². The molecule has 0 radical (unpaired) electrons. The number of primary amides is 1. The third-order valence-corrected chi connectivity index (χ3v) is 4.13. The average molecular weight is 316 g/mol. The lowest BCUT2D eigenvalue weighted by Crippen LogP contribution is -2.52. The van der Waals surface area contributed by atoms with Crippen molar-refractivity contribution in [3.05, 3.63) is 34.9 Å². The van der Waals surface area contributed by atoms with Gasteiger partial charge in [-0.25, -0.2) is 4.79 Å². The quantitative estimate of drug-likeness (QED) is 0.658. The Bertz CT molecular complexity index is 715. The van der Waals surface area contributed by atoms with E-state index in [1.165, 1.54) is 4.90 Å². The van der Waals surface area contributed by atoms with E-state index >= 15 is 0 Å². The van der Waals surface area contributed by atoms with E-state index in [4.69, 9.17) is 5.73 Å². The van der Waals surface area contributed by atoms with Crippen LogP contribution >= 0.6 is 0 Å². The molecule has 1 atom stereocenters. The largest absolute Gasteiger partial charge is 0.352 e. The Morgan fingerprint density at radius 3 is 2.83 bits per heavy atom. The van der Waals surface area contributed by atoms with Gasteiger partial charge in [-0.15, -0.1) is 0 Å². The maximum absolute atomic E-state index is 12.6. The van der Waals surface area contributed by atoms with Crippen LogP contribution in [-0.2, 0) is 22.7 Å². The van der Waals surface area contributed by atoms with Gasteiger partial charge >= 0.3 is 6.03 Å². The monoisotopic (exact) mass is 316 g/mol. The van der Waals surface area contributed by atoms with Crippen molar-refractivity contribution < 1.29 is 19.2 Å². The molecule has 1 saturated heterocycles. The van der Waals surface area contributed by atoms with Crippen molar-refractivity contribution in [2.75, 3.05) is 0 Å². The summed E-state index contributed by atoms with van der Waals surface area (Å²) in [7, 11) is 0. The normalized spacial score (nSPS) is 20.3. The first-order chi connectivity index (χ1) is 11.0. The fourth-order valence-corrected chi connectivity index (χ4v) is 3.00. The van der Waals surface area contributed by atoms with Gasteiger partial charge in [0.1, 0.15) is 6.04 Å². The highest BCUT2D eigenvalue weighted by Crippen LogP contribution is 2.29. The van der Waals surface area contributed by atoms with Crippen molar-refractivity contribution in [2.45, 2.75) is 32.0 Å². The number of benzene rings is 1. The van der Waals surface area contributed by atoms with Crippen LogP contribution in [0.1, 0.15) is 34.3 Å². The standard InChI is InChI=1S/C15H16N4O4/c16-15(23)17-6-8-2-1-3-9-10(8)7-19(14(9)22)11-4-5-12(20)18-13(11)21/h1-3,11H,4-7H2,(H3,16,17,23)(H,18,20,21). The van der Waals surface area contributed by atoms with Crippen LogP contribution in [-0.4, -0.2) is 34.7 Å². The molecule has 1 fully saturated rings. The second kappa shape index (κ2) is 5.71. The summed E-state index contributed by atoms with van der Waals surface area (Å²) in [5.41, 5.74) is 7.14. The minimum absolute atomic E-state index is 0.215. The van der Waals surface area contributed by atoms with Crippen LogP contribution in [0.25, 0.3) is 0 Å². The fraction of sp³-hybridized carbons (Fsp3) is 0.333. The van der Waals surface area contributed by atoms with Gasteiger partial charge < -0.3 is 16.0 Å². The summed E-state index contributed by atoms with van der Waals surface area (Å²) >= 11 is 0. The lowest BCUT2D eigenvalue weighted by Gasteiger charge is -2.29. The van der Waals surface area contributed by atoms with E-state index in [0.29, 0.717) is 12.0 Å². The van der Waals surface area contributed by atoms with Gasteiger partial charge in [0.2, 0.25) is 11.8 Å². The maximum atomic E-state index is 12.6. The smallest absolute Gasteiger partial charge is 0.312 e. The van der Waals surface area contributed by atoms with Crippen molar-refractivity contribution >= 4 is 23.8 Å². The van der Waals surface area contributed by atoms with E-state index in [0.717, 1.165) is 11.1 Å². The van der Waals surface area contributed by atoms with Crippen LogP contribution in [0.15, 0.2) is 18.2 Å². The molecule has 2 aliphatic heterocycles. The summed E-state index contributed by atoms with van der Waals surface area (Å²) < 4.78 is 0. The van der Waals surface area contributed by atoms with Crippen LogP contribution < -0.4 is 16.4 Å². The topological polar surface area (TPSA) is 122 Å². The predicted molar refractivity (Wildman–Crippen MR) is 78.9 cm³/mol. The first-order valence-electron chi connectivity index (χ1n) is 7.26. The molecular weight excluding hydrogens is 300 g/mol. The van der Waals surface area contributed by atoms with Crippen LogP contribution in [0.3, 0.4) is 0 Å². The molecular formula is C15H16N4O4. The van der Waals surface area contributed by atoms with Gasteiger partial charge in [-0.3, -0.25) is 19.7 Å². The molecule has 0 saturated carbocycles. The average Bonchev–Trinajstić information content (AvgIpc) is 2.83. The third kappa shape index (κ3) is 2.75. The zero-order valence-electron chi connectivity index (χ0n) is 12.3. The van der Waals surface area contributed by atoms with Crippen molar-refractivity contribution in [2.24, 2.45) is 5.73 Å². The lowest BCUT2D eigenvalue weighted by atomic mass is 10.0. The number of rotatable bonds is 3. The van der Waals surface area contributed by atoms with Crippen molar-refractivity contribution in [3.8, 4) is 0 Å². The van der Waals surface area contributed by atoms with E-state index in [1.54, 1.807) is 18.2 Å². The minimum Gasteiger partial charge on any atom is -0.352 e. The van der Waals surface area contributed by atoms with Crippen molar-refractivity contribution in [3.63, 3.8) is 0 Å². The number of amides is 5. The van der Waals surface area contributed by atoms with Crippen LogP contribution in [0.5, 0.6) is 0 Å². The summed E-state index contributed by atoms with van der Waals surface area (Å²) in [4.78, 5) is 48.1. The predicted octanol–water partition coefficient (Wildman–Crippen LogP) is -0.384. The third-order valence-electron chi connectivity index (χ3n) is 4.13. The zero-order valence-corrected chi connectivity index (χ0v) is 12.3. The number of carbonyl (C=O) groups excluding carboxylic acids is 4. The Labute approximate surface area is 132 Å². The molecule has 1 unspecified atom stereocenters.